The SMILES string of the molecule is CCN1CCN(c2ccc(C(=O)N3CCC(c4ccc(Oc5ccc(C(=O)O)nc5)cc4)CC3)cc2NS(=O)(=O)Cc2ccccc2)CC1. The van der Waals surface area contributed by atoms with Crippen LogP contribution in [0.2, 0.25) is 0 Å². The number of carboxylic acids is 1. The molecule has 256 valence electrons. The van der Waals surface area contributed by atoms with Gasteiger partial charge in [-0.15, -0.1) is 0 Å². The maximum absolute atomic E-state index is 13.8. The Balaban J connectivity index is 1.11. The fourth-order valence-electron chi connectivity index (χ4n) is 6.44. The van der Waals surface area contributed by atoms with Gasteiger partial charge in [-0.05, 0) is 78.9 Å². The van der Waals surface area contributed by atoms with Gasteiger partial charge in [0.15, 0.2) is 0 Å². The van der Waals surface area contributed by atoms with Crippen molar-refractivity contribution in [3.05, 3.63) is 114 Å². The lowest BCUT2D eigenvalue weighted by Gasteiger charge is -2.36. The number of aromatic nitrogens is 1. The van der Waals surface area contributed by atoms with Crippen LogP contribution in [-0.4, -0.2) is 86.0 Å². The number of likely N-dealkylation sites (N-methyl/N-ethyl adjacent to an activating group) is 1. The Morgan fingerprint density at radius 3 is 2.20 bits per heavy atom. The molecular formula is C37H41N5O6S. The second kappa shape index (κ2) is 15.1. The van der Waals surface area contributed by atoms with E-state index in [1.165, 1.54) is 12.3 Å². The Bertz CT molecular complexity index is 1850. The number of anilines is 2. The van der Waals surface area contributed by atoms with Gasteiger partial charge >= 0.3 is 5.97 Å². The highest BCUT2D eigenvalue weighted by molar-refractivity contribution is 7.91. The van der Waals surface area contributed by atoms with Crippen molar-refractivity contribution in [1.29, 1.82) is 0 Å². The number of piperidine rings is 1. The van der Waals surface area contributed by atoms with Crippen molar-refractivity contribution in [2.24, 2.45) is 0 Å². The van der Waals surface area contributed by atoms with Crippen LogP contribution in [0.1, 0.15) is 57.7 Å². The number of likely N-dealkylation sites (tertiary alicyclic amines) is 1. The number of hydrogen-bond donors (Lipinski definition) is 2. The van der Waals surface area contributed by atoms with E-state index in [1.54, 1.807) is 24.3 Å². The molecule has 2 aliphatic heterocycles. The topological polar surface area (TPSA) is 132 Å². The van der Waals surface area contributed by atoms with E-state index in [0.717, 1.165) is 56.8 Å². The van der Waals surface area contributed by atoms with E-state index in [2.05, 4.69) is 26.4 Å². The summed E-state index contributed by atoms with van der Waals surface area (Å²) in [7, 11) is -3.74. The number of carboxylic acid groups (broad SMARTS) is 1. The number of pyridine rings is 1. The van der Waals surface area contributed by atoms with Crippen LogP contribution in [0.15, 0.2) is 91.1 Å². The first kappa shape index (κ1) is 33.9. The van der Waals surface area contributed by atoms with Gasteiger partial charge in [-0.25, -0.2) is 18.2 Å². The molecule has 0 unspecified atom stereocenters. The Kier molecular flexibility index (Phi) is 10.4. The van der Waals surface area contributed by atoms with Crippen molar-refractivity contribution in [2.45, 2.75) is 31.4 Å². The molecule has 0 radical (unpaired) electrons. The van der Waals surface area contributed by atoms with E-state index < -0.39 is 16.0 Å². The van der Waals surface area contributed by atoms with Crippen molar-refractivity contribution >= 4 is 33.3 Å². The second-order valence-corrected chi connectivity index (χ2v) is 14.1. The highest BCUT2D eigenvalue weighted by Gasteiger charge is 2.27. The summed E-state index contributed by atoms with van der Waals surface area (Å²) < 4.78 is 35.3. The third-order valence-corrected chi connectivity index (χ3v) is 10.4. The van der Waals surface area contributed by atoms with Gasteiger partial charge in [0.05, 0.1) is 23.3 Å². The molecule has 1 aromatic heterocycles. The summed E-state index contributed by atoms with van der Waals surface area (Å²) in [5, 5.41) is 9.03. The molecule has 11 nitrogen and oxygen atoms in total. The Labute approximate surface area is 287 Å². The molecule has 0 saturated carbocycles. The van der Waals surface area contributed by atoms with Gasteiger partial charge in [0.25, 0.3) is 5.91 Å². The number of hydrogen-bond acceptors (Lipinski definition) is 8. The number of benzene rings is 3. The van der Waals surface area contributed by atoms with Crippen LogP contribution in [0, 0.1) is 0 Å². The smallest absolute Gasteiger partial charge is 0.354 e. The third-order valence-electron chi connectivity index (χ3n) is 9.19. The summed E-state index contributed by atoms with van der Waals surface area (Å²) in [5.41, 5.74) is 3.46. The van der Waals surface area contributed by atoms with E-state index in [9.17, 15) is 18.0 Å². The number of carbonyl (C=O) groups excluding carboxylic acids is 1. The minimum atomic E-state index is -3.74. The highest BCUT2D eigenvalue weighted by Crippen LogP contribution is 2.33. The monoisotopic (exact) mass is 683 g/mol. The first-order valence-electron chi connectivity index (χ1n) is 16.6. The lowest BCUT2D eigenvalue weighted by Crippen LogP contribution is -2.46. The molecule has 0 bridgehead atoms. The molecule has 2 N–H and O–H groups in total. The molecule has 4 aromatic rings. The van der Waals surface area contributed by atoms with Gasteiger partial charge < -0.3 is 24.5 Å². The lowest BCUT2D eigenvalue weighted by atomic mass is 9.89. The fraction of sp³-hybridized carbons (Fsp3) is 0.324. The molecule has 2 fully saturated rings. The van der Waals surface area contributed by atoms with Crippen LogP contribution in [-0.2, 0) is 15.8 Å². The average Bonchev–Trinajstić information content (AvgIpc) is 3.12. The summed E-state index contributed by atoms with van der Waals surface area (Å²) >= 11 is 0. The Hall–Kier alpha value is -4.94. The summed E-state index contributed by atoms with van der Waals surface area (Å²) in [6.07, 6.45) is 2.97. The fourth-order valence-corrected chi connectivity index (χ4v) is 7.64. The van der Waals surface area contributed by atoms with Crippen molar-refractivity contribution in [3.63, 3.8) is 0 Å². The molecule has 2 saturated heterocycles. The van der Waals surface area contributed by atoms with Crippen molar-refractivity contribution < 1.29 is 27.9 Å². The van der Waals surface area contributed by atoms with Crippen LogP contribution < -0.4 is 14.4 Å². The van der Waals surface area contributed by atoms with E-state index in [4.69, 9.17) is 9.84 Å². The molecule has 0 spiro atoms. The van der Waals surface area contributed by atoms with Crippen molar-refractivity contribution in [3.8, 4) is 11.5 Å². The third kappa shape index (κ3) is 8.57. The molecule has 6 rings (SSSR count). The minimum absolute atomic E-state index is 0.0468. The second-order valence-electron chi connectivity index (χ2n) is 12.4. The zero-order valence-electron chi connectivity index (χ0n) is 27.5. The number of piperazine rings is 1. The van der Waals surface area contributed by atoms with Gasteiger partial charge in [0.2, 0.25) is 10.0 Å². The molecule has 2 aliphatic rings. The van der Waals surface area contributed by atoms with Gasteiger partial charge in [0, 0.05) is 44.8 Å². The largest absolute Gasteiger partial charge is 0.477 e. The van der Waals surface area contributed by atoms with E-state index in [-0.39, 0.29) is 23.3 Å². The van der Waals surface area contributed by atoms with Gasteiger partial charge in [-0.3, -0.25) is 9.52 Å². The maximum atomic E-state index is 13.8. The van der Waals surface area contributed by atoms with E-state index in [1.807, 2.05) is 59.5 Å². The van der Waals surface area contributed by atoms with Crippen molar-refractivity contribution in [2.75, 3.05) is 55.4 Å². The Morgan fingerprint density at radius 2 is 1.57 bits per heavy atom. The Morgan fingerprint density at radius 1 is 0.878 bits per heavy atom. The number of ether oxygens (including phenoxy) is 1. The summed E-state index contributed by atoms with van der Waals surface area (Å²) in [4.78, 5) is 35.1. The number of nitrogens with zero attached hydrogens (tertiary/aromatic N) is 4. The van der Waals surface area contributed by atoms with Crippen LogP contribution in [0.3, 0.4) is 0 Å². The molecule has 3 heterocycles. The first-order chi connectivity index (χ1) is 23.7. The number of carbonyl (C=O) groups is 2. The first-order valence-corrected chi connectivity index (χ1v) is 18.2. The molecule has 12 heteroatoms. The summed E-state index contributed by atoms with van der Waals surface area (Å²) in [6, 6.07) is 25.2. The van der Waals surface area contributed by atoms with E-state index in [0.29, 0.717) is 41.4 Å². The quantitative estimate of drug-likeness (QED) is 0.205. The molecule has 3 aromatic carbocycles. The number of sulfonamides is 1. The zero-order valence-corrected chi connectivity index (χ0v) is 28.3. The van der Waals surface area contributed by atoms with Crippen LogP contribution in [0.5, 0.6) is 11.5 Å². The summed E-state index contributed by atoms with van der Waals surface area (Å²) in [6.45, 7) is 7.59. The van der Waals surface area contributed by atoms with Gasteiger partial charge in [0.1, 0.15) is 17.2 Å². The zero-order chi connectivity index (χ0) is 34.4. The van der Waals surface area contributed by atoms with Gasteiger partial charge in [-0.1, -0.05) is 49.4 Å². The van der Waals surface area contributed by atoms with E-state index >= 15 is 0 Å². The predicted molar refractivity (Wildman–Crippen MR) is 189 cm³/mol. The van der Waals surface area contributed by atoms with Crippen LogP contribution in [0.25, 0.3) is 0 Å². The normalized spacial score (nSPS) is 15.9. The van der Waals surface area contributed by atoms with Crippen LogP contribution in [0.4, 0.5) is 11.4 Å². The lowest BCUT2D eigenvalue weighted by molar-refractivity contribution is 0.0687. The highest BCUT2D eigenvalue weighted by atomic mass is 32.2. The van der Waals surface area contributed by atoms with Crippen molar-refractivity contribution in [1.82, 2.24) is 14.8 Å². The number of amides is 1. The molecule has 0 atom stereocenters. The minimum Gasteiger partial charge on any atom is -0.477 e. The number of aromatic carboxylic acids is 1. The molecule has 49 heavy (non-hydrogen) atoms. The predicted octanol–water partition coefficient (Wildman–Crippen LogP) is 5.68. The van der Waals surface area contributed by atoms with Crippen LogP contribution >= 0.6 is 0 Å². The van der Waals surface area contributed by atoms with Gasteiger partial charge in [-0.2, -0.15) is 0 Å². The summed E-state index contributed by atoms with van der Waals surface area (Å²) in [5.74, 6) is -0.0252. The number of nitrogens with one attached hydrogen (secondary N) is 1. The average molecular weight is 684 g/mol. The molecule has 0 aliphatic carbocycles. The maximum Gasteiger partial charge on any atom is 0.354 e. The molecule has 1 amide bonds. The standard InChI is InChI=1S/C37H41N5O6S/c1-2-40-20-22-41(23-21-40)35-15-10-30(24-34(35)39-49(46,47)26-27-6-4-3-5-7-27)36(43)42-18-16-29(17-19-42)28-8-11-31(12-9-28)48-32-13-14-33(37(44)45)38-25-32/h3-15,24-25,29,39H,2,16-23,26H2,1H3,(H,44,45). The number of rotatable bonds is 11. The molecular weight excluding hydrogens is 643 g/mol.